The third-order valence-corrected chi connectivity index (χ3v) is 3.18. The van der Waals surface area contributed by atoms with E-state index in [-0.39, 0.29) is 0 Å². The van der Waals surface area contributed by atoms with Gasteiger partial charge in [0.25, 0.3) is 0 Å². The number of rotatable bonds is 2. The summed E-state index contributed by atoms with van der Waals surface area (Å²) < 4.78 is 2.03. The van der Waals surface area contributed by atoms with Gasteiger partial charge in [0, 0.05) is 6.20 Å². The predicted molar refractivity (Wildman–Crippen MR) is 73.3 cm³/mol. The molecule has 0 aliphatic heterocycles. The van der Waals surface area contributed by atoms with Crippen molar-refractivity contribution in [2.24, 2.45) is 5.73 Å². The van der Waals surface area contributed by atoms with Crippen LogP contribution in [0.25, 0.3) is 16.6 Å². The molecule has 0 saturated heterocycles. The molecule has 3 rings (SSSR count). The van der Waals surface area contributed by atoms with Gasteiger partial charge in [-0.1, -0.05) is 29.8 Å². The topological polar surface area (TPSA) is 43.3 Å². The SMILES string of the molecule is Cc1ccc(-c2ccn3c(CN)ncc3c2)cc1. The molecule has 3 aromatic rings. The summed E-state index contributed by atoms with van der Waals surface area (Å²) in [4.78, 5) is 4.30. The zero-order chi connectivity index (χ0) is 12.5. The zero-order valence-corrected chi connectivity index (χ0v) is 10.3. The van der Waals surface area contributed by atoms with Crippen LogP contribution in [-0.4, -0.2) is 9.38 Å². The van der Waals surface area contributed by atoms with Crippen molar-refractivity contribution in [1.29, 1.82) is 0 Å². The van der Waals surface area contributed by atoms with E-state index in [1.165, 1.54) is 16.7 Å². The van der Waals surface area contributed by atoms with Crippen molar-refractivity contribution < 1.29 is 0 Å². The lowest BCUT2D eigenvalue weighted by molar-refractivity contribution is 0.904. The first-order valence-electron chi connectivity index (χ1n) is 6.01. The van der Waals surface area contributed by atoms with E-state index in [0.29, 0.717) is 6.54 Å². The lowest BCUT2D eigenvalue weighted by atomic mass is 10.1. The van der Waals surface area contributed by atoms with Crippen LogP contribution in [0, 0.1) is 6.92 Å². The number of aryl methyl sites for hydroxylation is 1. The highest BCUT2D eigenvalue weighted by molar-refractivity contribution is 5.68. The molecule has 2 heterocycles. The number of imidazole rings is 1. The summed E-state index contributed by atoms with van der Waals surface area (Å²) in [7, 11) is 0. The molecule has 0 saturated carbocycles. The van der Waals surface area contributed by atoms with Gasteiger partial charge < -0.3 is 10.1 Å². The lowest BCUT2D eigenvalue weighted by Crippen LogP contribution is -2.02. The first kappa shape index (κ1) is 11.0. The smallest absolute Gasteiger partial charge is 0.127 e. The molecule has 18 heavy (non-hydrogen) atoms. The van der Waals surface area contributed by atoms with Crippen LogP contribution < -0.4 is 5.73 Å². The minimum Gasteiger partial charge on any atom is -0.324 e. The Balaban J connectivity index is 2.10. The number of benzene rings is 1. The maximum absolute atomic E-state index is 5.64. The number of aromatic nitrogens is 2. The molecule has 1 aromatic carbocycles. The van der Waals surface area contributed by atoms with E-state index < -0.39 is 0 Å². The lowest BCUT2D eigenvalue weighted by Gasteiger charge is -2.04. The molecular weight excluding hydrogens is 222 g/mol. The van der Waals surface area contributed by atoms with Crippen LogP contribution in [0.1, 0.15) is 11.4 Å². The van der Waals surface area contributed by atoms with Gasteiger partial charge >= 0.3 is 0 Å². The summed E-state index contributed by atoms with van der Waals surface area (Å²) in [5.74, 6) is 0.889. The Kier molecular flexibility index (Phi) is 2.61. The third kappa shape index (κ3) is 1.79. The number of hydrogen-bond donors (Lipinski definition) is 1. The fraction of sp³-hybridized carbons (Fsp3) is 0.133. The molecule has 0 amide bonds. The van der Waals surface area contributed by atoms with Crippen LogP contribution in [0.2, 0.25) is 0 Å². The summed E-state index contributed by atoms with van der Waals surface area (Å²) in [6, 6.07) is 12.8. The molecule has 3 heteroatoms. The van der Waals surface area contributed by atoms with Crippen molar-refractivity contribution in [2.75, 3.05) is 0 Å². The second-order valence-electron chi connectivity index (χ2n) is 4.45. The molecule has 0 radical (unpaired) electrons. The highest BCUT2D eigenvalue weighted by Crippen LogP contribution is 2.21. The van der Waals surface area contributed by atoms with Crippen LogP contribution in [0.5, 0.6) is 0 Å². The average molecular weight is 237 g/mol. The highest BCUT2D eigenvalue weighted by Gasteiger charge is 2.03. The number of nitrogens with two attached hydrogens (primary N) is 1. The van der Waals surface area contributed by atoms with Crippen molar-refractivity contribution >= 4 is 5.52 Å². The molecule has 0 bridgehead atoms. The van der Waals surface area contributed by atoms with Gasteiger partial charge in [-0.2, -0.15) is 0 Å². The summed E-state index contributed by atoms with van der Waals surface area (Å²) in [6.07, 6.45) is 3.89. The summed E-state index contributed by atoms with van der Waals surface area (Å²) in [5.41, 5.74) is 10.4. The minimum absolute atomic E-state index is 0.456. The van der Waals surface area contributed by atoms with E-state index >= 15 is 0 Å². The number of nitrogens with zero attached hydrogens (tertiary/aromatic N) is 2. The van der Waals surface area contributed by atoms with Gasteiger partial charge in [0.2, 0.25) is 0 Å². The van der Waals surface area contributed by atoms with Crippen molar-refractivity contribution in [2.45, 2.75) is 13.5 Å². The van der Waals surface area contributed by atoms with Crippen LogP contribution in [-0.2, 0) is 6.54 Å². The Morgan fingerprint density at radius 2 is 1.89 bits per heavy atom. The maximum atomic E-state index is 5.64. The van der Waals surface area contributed by atoms with Crippen LogP contribution >= 0.6 is 0 Å². The van der Waals surface area contributed by atoms with Crippen LogP contribution in [0.4, 0.5) is 0 Å². The number of fused-ring (bicyclic) bond motifs is 1. The van der Waals surface area contributed by atoms with E-state index in [0.717, 1.165) is 11.3 Å². The third-order valence-electron chi connectivity index (χ3n) is 3.18. The van der Waals surface area contributed by atoms with Gasteiger partial charge in [0.15, 0.2) is 0 Å². The van der Waals surface area contributed by atoms with Gasteiger partial charge in [-0.05, 0) is 30.2 Å². The fourth-order valence-electron chi connectivity index (χ4n) is 2.13. The van der Waals surface area contributed by atoms with Crippen LogP contribution in [0.15, 0.2) is 48.8 Å². The fourth-order valence-corrected chi connectivity index (χ4v) is 2.13. The molecule has 0 aliphatic carbocycles. The van der Waals surface area contributed by atoms with Crippen molar-refractivity contribution in [1.82, 2.24) is 9.38 Å². The molecule has 2 aromatic heterocycles. The van der Waals surface area contributed by atoms with Gasteiger partial charge in [-0.25, -0.2) is 4.98 Å². The van der Waals surface area contributed by atoms with Gasteiger partial charge in [0.1, 0.15) is 5.82 Å². The molecule has 0 atom stereocenters. The molecule has 90 valence electrons. The summed E-state index contributed by atoms with van der Waals surface area (Å²) >= 11 is 0. The zero-order valence-electron chi connectivity index (χ0n) is 10.3. The average Bonchev–Trinajstić information content (AvgIpc) is 2.81. The van der Waals surface area contributed by atoms with Gasteiger partial charge in [-0.3, -0.25) is 0 Å². The Hall–Kier alpha value is -2.13. The maximum Gasteiger partial charge on any atom is 0.127 e. The largest absolute Gasteiger partial charge is 0.324 e. The second-order valence-corrected chi connectivity index (χ2v) is 4.45. The number of hydrogen-bond acceptors (Lipinski definition) is 2. The molecular formula is C15H15N3. The van der Waals surface area contributed by atoms with Gasteiger partial charge in [0.05, 0.1) is 18.3 Å². The Morgan fingerprint density at radius 3 is 2.61 bits per heavy atom. The van der Waals surface area contributed by atoms with Crippen molar-refractivity contribution in [3.63, 3.8) is 0 Å². The molecule has 2 N–H and O–H groups in total. The Morgan fingerprint density at radius 1 is 1.11 bits per heavy atom. The molecule has 3 nitrogen and oxygen atoms in total. The Labute approximate surface area is 106 Å². The monoisotopic (exact) mass is 237 g/mol. The normalized spacial score (nSPS) is 11.0. The summed E-state index contributed by atoms with van der Waals surface area (Å²) in [5, 5.41) is 0. The van der Waals surface area contributed by atoms with Crippen molar-refractivity contribution in [3.05, 3.63) is 60.2 Å². The first-order valence-corrected chi connectivity index (χ1v) is 6.01. The van der Waals surface area contributed by atoms with E-state index in [9.17, 15) is 0 Å². The first-order chi connectivity index (χ1) is 8.78. The molecule has 0 fully saturated rings. The van der Waals surface area contributed by atoms with E-state index in [1.807, 2.05) is 16.8 Å². The quantitative estimate of drug-likeness (QED) is 0.744. The predicted octanol–water partition coefficient (Wildman–Crippen LogP) is 2.77. The highest BCUT2D eigenvalue weighted by atomic mass is 15.0. The minimum atomic E-state index is 0.456. The van der Waals surface area contributed by atoms with E-state index in [4.69, 9.17) is 5.73 Å². The van der Waals surface area contributed by atoms with Crippen LogP contribution in [0.3, 0.4) is 0 Å². The molecule has 0 unspecified atom stereocenters. The molecule has 0 aliphatic rings. The molecule has 0 spiro atoms. The second kappa shape index (κ2) is 4.27. The number of pyridine rings is 1. The standard InChI is InChI=1S/C15H15N3/c1-11-2-4-12(5-3-11)13-6-7-18-14(8-13)10-17-15(18)9-16/h2-8,10H,9,16H2,1H3. The van der Waals surface area contributed by atoms with Crippen molar-refractivity contribution in [3.8, 4) is 11.1 Å². The summed E-state index contributed by atoms with van der Waals surface area (Å²) in [6.45, 7) is 2.55. The Bertz CT molecular complexity index is 681. The van der Waals surface area contributed by atoms with E-state index in [2.05, 4.69) is 48.3 Å². The van der Waals surface area contributed by atoms with Gasteiger partial charge in [-0.15, -0.1) is 0 Å². The van der Waals surface area contributed by atoms with E-state index in [1.54, 1.807) is 0 Å².